The van der Waals surface area contributed by atoms with Gasteiger partial charge in [-0.2, -0.15) is 0 Å². The van der Waals surface area contributed by atoms with Crippen LogP contribution < -0.4 is 14.2 Å². The van der Waals surface area contributed by atoms with Crippen molar-refractivity contribution in [2.75, 3.05) is 40.5 Å². The monoisotopic (exact) mass is 433 g/mol. The average Bonchev–Trinajstić information content (AvgIpc) is 2.73. The topological polar surface area (TPSA) is 40.2 Å². The van der Waals surface area contributed by atoms with Gasteiger partial charge in [0.05, 0.1) is 31.9 Å². The minimum atomic E-state index is 0.0423. The highest BCUT2D eigenvalue weighted by molar-refractivity contribution is 9.10. The first-order valence-electron chi connectivity index (χ1n) is 9.20. The van der Waals surface area contributed by atoms with Crippen LogP contribution in [0.4, 0.5) is 0 Å². The molecule has 2 heterocycles. The van der Waals surface area contributed by atoms with Gasteiger partial charge in [-0.05, 0) is 39.7 Å². The normalized spacial score (nSPS) is 22.6. The molecule has 2 aliphatic rings. The SMILES string of the molecule is COc1cc(C2CC(N3CCOCC3)Oc3ccccc32)cc(Br)c1OC. The van der Waals surface area contributed by atoms with Gasteiger partial charge in [0.15, 0.2) is 17.7 Å². The van der Waals surface area contributed by atoms with Gasteiger partial charge < -0.3 is 18.9 Å². The fraction of sp³-hybridized carbons (Fsp3) is 0.429. The Hall–Kier alpha value is -1.76. The first kappa shape index (κ1) is 18.6. The fourth-order valence-electron chi connectivity index (χ4n) is 3.94. The Morgan fingerprint density at radius 2 is 1.85 bits per heavy atom. The van der Waals surface area contributed by atoms with Crippen molar-refractivity contribution < 1.29 is 18.9 Å². The number of hydrogen-bond donors (Lipinski definition) is 0. The predicted octanol–water partition coefficient (Wildman–Crippen LogP) is 4.04. The summed E-state index contributed by atoms with van der Waals surface area (Å²) in [6.45, 7) is 3.31. The van der Waals surface area contributed by atoms with E-state index in [1.807, 2.05) is 6.07 Å². The first-order chi connectivity index (χ1) is 13.2. The van der Waals surface area contributed by atoms with Crippen LogP contribution in [0.15, 0.2) is 40.9 Å². The summed E-state index contributed by atoms with van der Waals surface area (Å²) >= 11 is 3.63. The maximum absolute atomic E-state index is 6.36. The van der Waals surface area contributed by atoms with Crippen molar-refractivity contribution in [1.82, 2.24) is 4.90 Å². The Balaban J connectivity index is 1.73. The van der Waals surface area contributed by atoms with Crippen molar-refractivity contribution in [2.45, 2.75) is 18.6 Å². The lowest BCUT2D eigenvalue weighted by molar-refractivity contribution is -0.0557. The highest BCUT2D eigenvalue weighted by atomic mass is 79.9. The number of rotatable bonds is 4. The second-order valence-corrected chi connectivity index (χ2v) is 7.64. The third kappa shape index (κ3) is 3.66. The van der Waals surface area contributed by atoms with Crippen LogP contribution in [0.5, 0.6) is 17.2 Å². The zero-order chi connectivity index (χ0) is 18.8. The summed E-state index contributed by atoms with van der Waals surface area (Å²) in [5, 5.41) is 0. The molecular formula is C21H24BrNO4. The smallest absolute Gasteiger partial charge is 0.174 e. The van der Waals surface area contributed by atoms with E-state index in [1.165, 1.54) is 11.1 Å². The molecule has 1 fully saturated rings. The standard InChI is InChI=1S/C21H24BrNO4/c1-24-19-12-14(11-17(22)21(19)25-2)16-13-20(23-7-9-26-10-8-23)27-18-6-4-3-5-15(16)18/h3-6,11-12,16,20H,7-10,13H2,1-2H3. The van der Waals surface area contributed by atoms with Gasteiger partial charge in [-0.1, -0.05) is 18.2 Å². The maximum Gasteiger partial charge on any atom is 0.174 e. The molecule has 6 heteroatoms. The largest absolute Gasteiger partial charge is 0.493 e. The van der Waals surface area contributed by atoms with Crippen LogP contribution >= 0.6 is 15.9 Å². The van der Waals surface area contributed by atoms with Gasteiger partial charge in [0.2, 0.25) is 0 Å². The zero-order valence-corrected chi connectivity index (χ0v) is 17.2. The summed E-state index contributed by atoms with van der Waals surface area (Å²) in [5.41, 5.74) is 2.40. The molecule has 2 atom stereocenters. The number of fused-ring (bicyclic) bond motifs is 1. The highest BCUT2D eigenvalue weighted by Gasteiger charge is 2.34. The van der Waals surface area contributed by atoms with Gasteiger partial charge in [0.25, 0.3) is 0 Å². The van der Waals surface area contributed by atoms with Crippen molar-refractivity contribution in [2.24, 2.45) is 0 Å². The molecule has 0 aromatic heterocycles. The van der Waals surface area contributed by atoms with Gasteiger partial charge in [-0.3, -0.25) is 4.90 Å². The molecule has 0 amide bonds. The van der Waals surface area contributed by atoms with Gasteiger partial charge >= 0.3 is 0 Å². The van der Waals surface area contributed by atoms with Crippen LogP contribution in [0.3, 0.4) is 0 Å². The molecule has 0 radical (unpaired) electrons. The molecular weight excluding hydrogens is 410 g/mol. The molecule has 2 unspecified atom stereocenters. The summed E-state index contributed by atoms with van der Waals surface area (Å²) in [6.07, 6.45) is 0.930. The van der Waals surface area contributed by atoms with Crippen molar-refractivity contribution in [3.8, 4) is 17.2 Å². The highest BCUT2D eigenvalue weighted by Crippen LogP contribution is 2.45. The quantitative estimate of drug-likeness (QED) is 0.727. The van der Waals surface area contributed by atoms with Gasteiger partial charge in [0.1, 0.15) is 5.75 Å². The van der Waals surface area contributed by atoms with E-state index >= 15 is 0 Å². The van der Waals surface area contributed by atoms with Crippen LogP contribution in [0.2, 0.25) is 0 Å². The molecule has 0 spiro atoms. The molecule has 0 aliphatic carbocycles. The van der Waals surface area contributed by atoms with Gasteiger partial charge in [0, 0.05) is 31.0 Å². The number of para-hydroxylation sites is 1. The van der Waals surface area contributed by atoms with E-state index in [9.17, 15) is 0 Å². The predicted molar refractivity (Wildman–Crippen MR) is 107 cm³/mol. The van der Waals surface area contributed by atoms with Crippen LogP contribution in [-0.2, 0) is 4.74 Å². The maximum atomic E-state index is 6.36. The molecule has 0 saturated carbocycles. The van der Waals surface area contributed by atoms with E-state index in [4.69, 9.17) is 18.9 Å². The number of morpholine rings is 1. The number of nitrogens with zero attached hydrogens (tertiary/aromatic N) is 1. The second kappa shape index (κ2) is 8.09. The second-order valence-electron chi connectivity index (χ2n) is 6.79. The molecule has 5 nitrogen and oxygen atoms in total. The van der Waals surface area contributed by atoms with Gasteiger partial charge in [-0.15, -0.1) is 0 Å². The number of halogens is 1. The lowest BCUT2D eigenvalue weighted by atomic mass is 9.85. The van der Waals surface area contributed by atoms with E-state index in [2.05, 4.69) is 51.2 Å². The Labute approximate surface area is 168 Å². The molecule has 2 aromatic carbocycles. The number of hydrogen-bond acceptors (Lipinski definition) is 5. The van der Waals surface area contributed by atoms with E-state index < -0.39 is 0 Å². The Bertz CT molecular complexity index is 807. The summed E-state index contributed by atoms with van der Waals surface area (Å²) in [6, 6.07) is 12.5. The van der Waals surface area contributed by atoms with E-state index in [-0.39, 0.29) is 12.1 Å². The van der Waals surface area contributed by atoms with Crippen LogP contribution in [-0.4, -0.2) is 51.7 Å². The van der Waals surface area contributed by atoms with E-state index in [1.54, 1.807) is 14.2 Å². The van der Waals surface area contributed by atoms with Gasteiger partial charge in [-0.25, -0.2) is 0 Å². The lowest BCUT2D eigenvalue weighted by Crippen LogP contribution is -2.48. The first-order valence-corrected chi connectivity index (χ1v) is 9.99. The average molecular weight is 434 g/mol. The van der Waals surface area contributed by atoms with Crippen molar-refractivity contribution in [3.05, 3.63) is 52.0 Å². The zero-order valence-electron chi connectivity index (χ0n) is 15.6. The summed E-state index contributed by atoms with van der Waals surface area (Å²) in [4.78, 5) is 2.38. The van der Waals surface area contributed by atoms with Crippen LogP contribution in [0.25, 0.3) is 0 Å². The fourth-order valence-corrected chi connectivity index (χ4v) is 4.56. The summed E-state index contributed by atoms with van der Waals surface area (Å²) in [5.74, 6) is 2.62. The number of methoxy groups -OCH3 is 2. The van der Waals surface area contributed by atoms with Crippen molar-refractivity contribution in [1.29, 1.82) is 0 Å². The Morgan fingerprint density at radius 3 is 2.59 bits per heavy atom. The molecule has 4 rings (SSSR count). The minimum Gasteiger partial charge on any atom is -0.493 e. The molecule has 27 heavy (non-hydrogen) atoms. The van der Waals surface area contributed by atoms with E-state index in [0.29, 0.717) is 5.75 Å². The van der Waals surface area contributed by atoms with E-state index in [0.717, 1.165) is 48.7 Å². The molecule has 1 saturated heterocycles. The third-order valence-electron chi connectivity index (χ3n) is 5.31. The Kier molecular flexibility index (Phi) is 5.57. The number of benzene rings is 2. The third-order valence-corrected chi connectivity index (χ3v) is 5.90. The molecule has 144 valence electrons. The van der Waals surface area contributed by atoms with Crippen LogP contribution in [0.1, 0.15) is 23.5 Å². The molecule has 0 bridgehead atoms. The molecule has 2 aromatic rings. The summed E-state index contributed by atoms with van der Waals surface area (Å²) < 4.78 is 23.8. The minimum absolute atomic E-state index is 0.0423. The summed E-state index contributed by atoms with van der Waals surface area (Å²) in [7, 11) is 3.32. The van der Waals surface area contributed by atoms with Crippen molar-refractivity contribution in [3.63, 3.8) is 0 Å². The Morgan fingerprint density at radius 1 is 1.07 bits per heavy atom. The lowest BCUT2D eigenvalue weighted by Gasteiger charge is -2.40. The number of ether oxygens (including phenoxy) is 4. The van der Waals surface area contributed by atoms with Crippen molar-refractivity contribution >= 4 is 15.9 Å². The molecule has 2 aliphatic heterocycles. The molecule has 0 N–H and O–H groups in total. The van der Waals surface area contributed by atoms with Crippen LogP contribution in [0, 0.1) is 0 Å².